The Labute approximate surface area is 110 Å². The minimum atomic E-state index is 0.291. The van der Waals surface area contributed by atoms with Crippen molar-refractivity contribution in [2.45, 2.75) is 13.0 Å². The molecular formula is C12H14ClN3O2. The Morgan fingerprint density at radius 1 is 1.39 bits per heavy atom. The zero-order valence-corrected chi connectivity index (χ0v) is 10.6. The average Bonchev–Trinajstić information content (AvgIpc) is 2.77. The highest BCUT2D eigenvalue weighted by Gasteiger charge is 2.07. The molecule has 2 aromatic rings. The largest absolute Gasteiger partial charge is 0.370 e. The van der Waals surface area contributed by atoms with Gasteiger partial charge in [-0.3, -0.25) is 0 Å². The Hall–Kier alpha value is -1.43. The number of benzene rings is 1. The van der Waals surface area contributed by atoms with Gasteiger partial charge in [0.2, 0.25) is 0 Å². The second kappa shape index (κ2) is 6.49. The van der Waals surface area contributed by atoms with Crippen molar-refractivity contribution in [1.82, 2.24) is 10.1 Å². The lowest BCUT2D eigenvalue weighted by Crippen LogP contribution is -2.08. The third kappa shape index (κ3) is 3.80. The van der Waals surface area contributed by atoms with Crippen LogP contribution in [-0.2, 0) is 17.8 Å². The zero-order valence-electron chi connectivity index (χ0n) is 9.80. The van der Waals surface area contributed by atoms with E-state index in [1.165, 1.54) is 0 Å². The second-order valence-electron chi connectivity index (χ2n) is 3.75. The minimum Gasteiger partial charge on any atom is -0.370 e. The van der Waals surface area contributed by atoms with Crippen molar-refractivity contribution in [2.24, 2.45) is 5.73 Å². The van der Waals surface area contributed by atoms with Gasteiger partial charge >= 0.3 is 0 Å². The van der Waals surface area contributed by atoms with E-state index in [9.17, 15) is 0 Å². The molecule has 96 valence electrons. The monoisotopic (exact) mass is 267 g/mol. The molecule has 2 N–H and O–H groups in total. The third-order valence-electron chi connectivity index (χ3n) is 2.25. The Bertz CT molecular complexity index is 502. The number of nitrogens with two attached hydrogens (primary N) is 1. The van der Waals surface area contributed by atoms with E-state index < -0.39 is 0 Å². The molecule has 0 radical (unpaired) electrons. The van der Waals surface area contributed by atoms with Crippen LogP contribution in [0.1, 0.15) is 17.3 Å². The molecule has 0 saturated carbocycles. The summed E-state index contributed by atoms with van der Waals surface area (Å²) in [4.78, 5) is 4.22. The van der Waals surface area contributed by atoms with E-state index in [1.54, 1.807) is 0 Å². The molecule has 0 aliphatic rings. The van der Waals surface area contributed by atoms with Crippen LogP contribution in [0.5, 0.6) is 0 Å². The van der Waals surface area contributed by atoms with Crippen molar-refractivity contribution in [3.63, 3.8) is 0 Å². The highest BCUT2D eigenvalue weighted by Crippen LogP contribution is 2.13. The molecule has 1 heterocycles. The highest BCUT2D eigenvalue weighted by molar-refractivity contribution is 6.30. The predicted octanol–water partition coefficient (Wildman–Crippen LogP) is 1.79. The van der Waals surface area contributed by atoms with Crippen molar-refractivity contribution < 1.29 is 9.26 Å². The van der Waals surface area contributed by atoms with E-state index in [-0.39, 0.29) is 0 Å². The second-order valence-corrected chi connectivity index (χ2v) is 4.19. The van der Waals surface area contributed by atoms with Crippen molar-refractivity contribution in [3.05, 3.63) is 46.6 Å². The topological polar surface area (TPSA) is 74.2 Å². The summed E-state index contributed by atoms with van der Waals surface area (Å²) < 4.78 is 10.3. The first kappa shape index (κ1) is 13.0. The molecule has 0 atom stereocenters. The molecule has 0 fully saturated rings. The molecule has 0 bridgehead atoms. The van der Waals surface area contributed by atoms with Crippen LogP contribution in [-0.4, -0.2) is 23.3 Å². The van der Waals surface area contributed by atoms with Crippen LogP contribution in [0.4, 0.5) is 0 Å². The van der Waals surface area contributed by atoms with Crippen LogP contribution in [0.2, 0.25) is 5.02 Å². The lowest BCUT2D eigenvalue weighted by atomic mass is 10.1. The summed E-state index contributed by atoms with van der Waals surface area (Å²) in [6.45, 7) is 1.25. The summed E-state index contributed by atoms with van der Waals surface area (Å²) in [6, 6.07) is 7.56. The van der Waals surface area contributed by atoms with Gasteiger partial charge in [-0.2, -0.15) is 4.98 Å². The van der Waals surface area contributed by atoms with Crippen molar-refractivity contribution in [2.75, 3.05) is 13.2 Å². The van der Waals surface area contributed by atoms with E-state index in [1.807, 2.05) is 24.3 Å². The quantitative estimate of drug-likeness (QED) is 0.808. The normalized spacial score (nSPS) is 10.8. The van der Waals surface area contributed by atoms with E-state index in [0.717, 1.165) is 5.56 Å². The van der Waals surface area contributed by atoms with E-state index in [2.05, 4.69) is 10.1 Å². The smallest absolute Gasteiger partial charge is 0.252 e. The van der Waals surface area contributed by atoms with E-state index in [4.69, 9.17) is 26.6 Å². The van der Waals surface area contributed by atoms with Crippen LogP contribution in [0.15, 0.2) is 28.8 Å². The van der Waals surface area contributed by atoms with Gasteiger partial charge in [-0.05, 0) is 17.7 Å². The fourth-order valence-corrected chi connectivity index (χ4v) is 1.71. The molecule has 0 saturated heterocycles. The Morgan fingerprint density at radius 3 is 3.06 bits per heavy atom. The van der Waals surface area contributed by atoms with Crippen molar-refractivity contribution in [1.29, 1.82) is 0 Å². The van der Waals surface area contributed by atoms with Crippen LogP contribution >= 0.6 is 11.6 Å². The van der Waals surface area contributed by atoms with Crippen molar-refractivity contribution in [3.8, 4) is 0 Å². The molecule has 1 aromatic carbocycles. The van der Waals surface area contributed by atoms with Crippen LogP contribution in [0.25, 0.3) is 0 Å². The average molecular weight is 268 g/mol. The molecule has 1 aromatic heterocycles. The minimum absolute atomic E-state index is 0.291. The molecule has 0 aliphatic carbocycles. The van der Waals surface area contributed by atoms with Crippen LogP contribution < -0.4 is 5.73 Å². The standard InChI is InChI=1S/C12H14ClN3O2/c13-10-3-1-2-9(6-10)7-11-15-12(18-16-11)8-17-5-4-14/h1-3,6H,4-5,7-8,14H2. The summed E-state index contributed by atoms with van der Waals surface area (Å²) in [6.07, 6.45) is 0.584. The van der Waals surface area contributed by atoms with Gasteiger partial charge in [-0.15, -0.1) is 0 Å². The maximum atomic E-state index is 5.90. The molecular weight excluding hydrogens is 254 g/mol. The Balaban J connectivity index is 1.94. The predicted molar refractivity (Wildman–Crippen MR) is 67.3 cm³/mol. The number of hydrogen-bond donors (Lipinski definition) is 1. The first-order valence-electron chi connectivity index (χ1n) is 5.61. The molecule has 6 heteroatoms. The molecule has 0 unspecified atom stereocenters. The lowest BCUT2D eigenvalue weighted by molar-refractivity contribution is 0.104. The summed E-state index contributed by atoms with van der Waals surface area (Å²) in [5.41, 5.74) is 6.35. The van der Waals surface area contributed by atoms with Gasteiger partial charge in [-0.25, -0.2) is 0 Å². The molecule has 0 amide bonds. The number of ether oxygens (including phenoxy) is 1. The van der Waals surface area contributed by atoms with Crippen LogP contribution in [0.3, 0.4) is 0 Å². The van der Waals surface area contributed by atoms with Gasteiger partial charge in [0.15, 0.2) is 5.82 Å². The maximum absolute atomic E-state index is 5.90. The molecule has 0 spiro atoms. The number of nitrogens with zero attached hydrogens (tertiary/aromatic N) is 2. The van der Waals surface area contributed by atoms with Gasteiger partial charge in [0, 0.05) is 18.0 Å². The molecule has 0 aliphatic heterocycles. The fourth-order valence-electron chi connectivity index (χ4n) is 1.49. The number of hydrogen-bond acceptors (Lipinski definition) is 5. The SMILES string of the molecule is NCCOCc1nc(Cc2cccc(Cl)c2)no1. The first-order chi connectivity index (χ1) is 8.78. The summed E-state index contributed by atoms with van der Waals surface area (Å²) in [5.74, 6) is 1.07. The number of halogens is 1. The van der Waals surface area contributed by atoms with Gasteiger partial charge in [0.1, 0.15) is 6.61 Å². The molecule has 2 rings (SSSR count). The summed E-state index contributed by atoms with van der Waals surface area (Å²) in [5, 5.41) is 4.58. The molecule has 5 nitrogen and oxygen atoms in total. The Kier molecular flexibility index (Phi) is 4.69. The first-order valence-corrected chi connectivity index (χ1v) is 5.99. The van der Waals surface area contributed by atoms with Gasteiger partial charge in [0.25, 0.3) is 5.89 Å². The highest BCUT2D eigenvalue weighted by atomic mass is 35.5. The van der Waals surface area contributed by atoms with E-state index >= 15 is 0 Å². The lowest BCUT2D eigenvalue weighted by Gasteiger charge is -1.97. The maximum Gasteiger partial charge on any atom is 0.252 e. The summed E-state index contributed by atoms with van der Waals surface area (Å²) in [7, 11) is 0. The van der Waals surface area contributed by atoms with Gasteiger partial charge in [-0.1, -0.05) is 28.9 Å². The van der Waals surface area contributed by atoms with Gasteiger partial charge in [0.05, 0.1) is 6.61 Å². The van der Waals surface area contributed by atoms with Gasteiger partial charge < -0.3 is 15.0 Å². The molecule has 18 heavy (non-hydrogen) atoms. The number of aromatic nitrogens is 2. The fraction of sp³-hybridized carbons (Fsp3) is 0.333. The Morgan fingerprint density at radius 2 is 2.28 bits per heavy atom. The van der Waals surface area contributed by atoms with E-state index in [0.29, 0.717) is 42.9 Å². The van der Waals surface area contributed by atoms with Crippen LogP contribution in [0, 0.1) is 0 Å². The summed E-state index contributed by atoms with van der Waals surface area (Å²) >= 11 is 5.90. The zero-order chi connectivity index (χ0) is 12.8. The third-order valence-corrected chi connectivity index (χ3v) is 2.48. The number of rotatable bonds is 6. The van der Waals surface area contributed by atoms with Crippen molar-refractivity contribution >= 4 is 11.6 Å².